The third kappa shape index (κ3) is 1.25. The number of anilines is 1. The lowest BCUT2D eigenvalue weighted by Crippen LogP contribution is -1.91. The summed E-state index contributed by atoms with van der Waals surface area (Å²) in [4.78, 5) is 0. The van der Waals surface area contributed by atoms with Crippen molar-refractivity contribution in [3.8, 4) is 0 Å². The van der Waals surface area contributed by atoms with E-state index in [0.717, 1.165) is 22.0 Å². The zero-order chi connectivity index (χ0) is 9.97. The Morgan fingerprint density at radius 2 is 1.79 bits per heavy atom. The van der Waals surface area contributed by atoms with Crippen LogP contribution in [-0.2, 0) is 0 Å². The van der Waals surface area contributed by atoms with Crippen molar-refractivity contribution in [3.63, 3.8) is 0 Å². The van der Waals surface area contributed by atoms with Crippen LogP contribution in [0.2, 0.25) is 0 Å². The lowest BCUT2D eigenvalue weighted by Gasteiger charge is -2.07. The van der Waals surface area contributed by atoms with Gasteiger partial charge in [0.1, 0.15) is 0 Å². The van der Waals surface area contributed by atoms with E-state index in [1.54, 1.807) is 0 Å². The van der Waals surface area contributed by atoms with Gasteiger partial charge in [0.25, 0.3) is 0 Å². The molecule has 0 atom stereocenters. The highest BCUT2D eigenvalue weighted by Gasteiger charge is 2.01. The van der Waals surface area contributed by atoms with Crippen LogP contribution >= 0.6 is 0 Å². The van der Waals surface area contributed by atoms with Gasteiger partial charge in [0, 0.05) is 24.3 Å². The molecule has 2 N–H and O–H groups in total. The Morgan fingerprint density at radius 1 is 1.07 bits per heavy atom. The van der Waals surface area contributed by atoms with Crippen molar-refractivity contribution in [1.82, 2.24) is 0 Å². The molecule has 0 saturated carbocycles. The second-order valence-electron chi connectivity index (χ2n) is 3.14. The lowest BCUT2D eigenvalue weighted by molar-refractivity contribution is 1.52. The van der Waals surface area contributed by atoms with E-state index < -0.39 is 0 Å². The highest BCUT2D eigenvalue weighted by Crippen LogP contribution is 2.25. The molecular formula is C12H12N2. The molecule has 0 aliphatic carbocycles. The van der Waals surface area contributed by atoms with E-state index in [2.05, 4.69) is 11.4 Å². The fourth-order valence-electron chi connectivity index (χ4n) is 1.67. The molecule has 0 amide bonds. The molecule has 0 aliphatic heterocycles. The van der Waals surface area contributed by atoms with E-state index in [1.165, 1.54) is 6.21 Å². The average Bonchev–Trinajstić information content (AvgIpc) is 2.27. The van der Waals surface area contributed by atoms with E-state index >= 15 is 0 Å². The summed E-state index contributed by atoms with van der Waals surface area (Å²) in [6, 6.07) is 12.1. The van der Waals surface area contributed by atoms with Gasteiger partial charge < -0.3 is 10.7 Å². The normalized spacial score (nSPS) is 10.1. The molecule has 0 radical (unpaired) electrons. The first-order chi connectivity index (χ1) is 6.86. The van der Waals surface area contributed by atoms with Crippen LogP contribution in [0.5, 0.6) is 0 Å². The molecule has 0 heterocycles. The zero-order valence-electron chi connectivity index (χ0n) is 8.04. The second-order valence-corrected chi connectivity index (χ2v) is 3.14. The first-order valence-electron chi connectivity index (χ1n) is 4.57. The lowest BCUT2D eigenvalue weighted by atomic mass is 10.0. The van der Waals surface area contributed by atoms with Crippen LogP contribution in [0.1, 0.15) is 5.56 Å². The quantitative estimate of drug-likeness (QED) is 0.692. The van der Waals surface area contributed by atoms with Crippen LogP contribution in [0.25, 0.3) is 10.8 Å². The molecule has 2 heteroatoms. The predicted molar refractivity (Wildman–Crippen MR) is 61.4 cm³/mol. The number of fused-ring (bicyclic) bond motifs is 1. The zero-order valence-corrected chi connectivity index (χ0v) is 8.04. The van der Waals surface area contributed by atoms with E-state index in [1.807, 2.05) is 37.4 Å². The largest absolute Gasteiger partial charge is 0.388 e. The second kappa shape index (κ2) is 3.50. The summed E-state index contributed by atoms with van der Waals surface area (Å²) in [5.41, 5.74) is 2.06. The van der Waals surface area contributed by atoms with Gasteiger partial charge in [0.15, 0.2) is 0 Å². The van der Waals surface area contributed by atoms with Gasteiger partial charge in [-0.1, -0.05) is 30.3 Å². The third-order valence-electron chi connectivity index (χ3n) is 2.38. The summed E-state index contributed by atoms with van der Waals surface area (Å²) in [5, 5.41) is 12.7. The van der Waals surface area contributed by atoms with Gasteiger partial charge in [-0.25, -0.2) is 0 Å². The number of benzene rings is 2. The van der Waals surface area contributed by atoms with Gasteiger partial charge in [0.2, 0.25) is 0 Å². The summed E-state index contributed by atoms with van der Waals surface area (Å²) in [7, 11) is 1.91. The highest BCUT2D eigenvalue weighted by atomic mass is 14.8. The monoisotopic (exact) mass is 184 g/mol. The molecule has 0 aliphatic rings. The van der Waals surface area contributed by atoms with Crippen molar-refractivity contribution < 1.29 is 0 Å². The van der Waals surface area contributed by atoms with E-state index in [9.17, 15) is 0 Å². The van der Waals surface area contributed by atoms with E-state index in [4.69, 9.17) is 5.41 Å². The minimum absolute atomic E-state index is 0.958. The van der Waals surface area contributed by atoms with Gasteiger partial charge >= 0.3 is 0 Å². The smallest absolute Gasteiger partial charge is 0.0417 e. The average molecular weight is 184 g/mol. The Kier molecular flexibility index (Phi) is 2.19. The van der Waals surface area contributed by atoms with Crippen LogP contribution in [0.15, 0.2) is 36.4 Å². The van der Waals surface area contributed by atoms with Crippen LogP contribution in [0, 0.1) is 5.41 Å². The molecule has 0 spiro atoms. The Balaban J connectivity index is 2.84. The molecule has 0 saturated heterocycles. The van der Waals surface area contributed by atoms with Crippen LogP contribution in [0.3, 0.4) is 0 Å². The predicted octanol–water partition coefficient (Wildman–Crippen LogP) is 2.88. The standard InChI is InChI=1S/C12H12N2/c1-14-12-7-6-9(8-13)10-4-2-3-5-11(10)12/h2-8,13-14H,1H3. The number of nitrogens with one attached hydrogen (secondary N) is 2. The fraction of sp³-hybridized carbons (Fsp3) is 0.0833. The third-order valence-corrected chi connectivity index (χ3v) is 2.38. The van der Waals surface area contributed by atoms with Crippen LogP contribution < -0.4 is 5.32 Å². The minimum Gasteiger partial charge on any atom is -0.388 e. The number of rotatable bonds is 2. The molecule has 0 aromatic heterocycles. The molecule has 14 heavy (non-hydrogen) atoms. The SMILES string of the molecule is CNc1ccc(C=N)c2ccccc12. The number of hydrogen-bond donors (Lipinski definition) is 2. The van der Waals surface area contributed by atoms with Crippen molar-refractivity contribution in [2.75, 3.05) is 12.4 Å². The van der Waals surface area contributed by atoms with Crippen LogP contribution in [0.4, 0.5) is 5.69 Å². The molecule has 2 rings (SSSR count). The summed E-state index contributed by atoms with van der Waals surface area (Å²) < 4.78 is 0. The summed E-state index contributed by atoms with van der Waals surface area (Å²) >= 11 is 0. The summed E-state index contributed by atoms with van der Waals surface area (Å²) in [6.45, 7) is 0. The maximum Gasteiger partial charge on any atom is 0.0417 e. The fourth-order valence-corrected chi connectivity index (χ4v) is 1.67. The van der Waals surface area contributed by atoms with Gasteiger partial charge in [0.05, 0.1) is 0 Å². The Hall–Kier alpha value is -1.83. The van der Waals surface area contributed by atoms with Crippen molar-refractivity contribution in [2.24, 2.45) is 0 Å². The summed E-state index contributed by atoms with van der Waals surface area (Å²) in [6.07, 6.45) is 1.39. The minimum atomic E-state index is 0.958. The first-order valence-corrected chi connectivity index (χ1v) is 4.57. The van der Waals surface area contributed by atoms with E-state index in [-0.39, 0.29) is 0 Å². The van der Waals surface area contributed by atoms with Crippen molar-refractivity contribution in [2.45, 2.75) is 0 Å². The number of hydrogen-bond acceptors (Lipinski definition) is 2. The van der Waals surface area contributed by atoms with Crippen molar-refractivity contribution in [3.05, 3.63) is 42.0 Å². The Morgan fingerprint density at radius 3 is 2.43 bits per heavy atom. The van der Waals surface area contributed by atoms with Gasteiger partial charge in [-0.15, -0.1) is 0 Å². The first kappa shape index (κ1) is 8.75. The van der Waals surface area contributed by atoms with Crippen molar-refractivity contribution >= 4 is 22.7 Å². The van der Waals surface area contributed by atoms with Gasteiger partial charge in [-0.2, -0.15) is 0 Å². The Labute approximate surface area is 83.1 Å². The molecule has 0 unspecified atom stereocenters. The maximum absolute atomic E-state index is 7.31. The maximum atomic E-state index is 7.31. The van der Waals surface area contributed by atoms with Crippen molar-refractivity contribution in [1.29, 1.82) is 5.41 Å². The molecule has 2 aromatic rings. The van der Waals surface area contributed by atoms with E-state index in [0.29, 0.717) is 0 Å². The molecule has 70 valence electrons. The topological polar surface area (TPSA) is 35.9 Å². The highest BCUT2D eigenvalue weighted by molar-refractivity contribution is 6.04. The van der Waals surface area contributed by atoms with Gasteiger partial charge in [-0.05, 0) is 17.0 Å². The van der Waals surface area contributed by atoms with Crippen LogP contribution in [-0.4, -0.2) is 13.3 Å². The Bertz CT molecular complexity index is 475. The summed E-state index contributed by atoms with van der Waals surface area (Å²) in [5.74, 6) is 0. The molecule has 0 fully saturated rings. The molecular weight excluding hydrogens is 172 g/mol. The van der Waals surface area contributed by atoms with Gasteiger partial charge in [-0.3, -0.25) is 0 Å². The molecule has 2 nitrogen and oxygen atoms in total. The molecule has 2 aromatic carbocycles. The molecule has 0 bridgehead atoms.